The van der Waals surface area contributed by atoms with Crippen molar-refractivity contribution in [1.82, 2.24) is 0 Å². The molecule has 86 valence electrons. The highest BCUT2D eigenvalue weighted by atomic mass is 35.5. The van der Waals surface area contributed by atoms with Gasteiger partial charge in [-0.15, -0.1) is 12.4 Å². The van der Waals surface area contributed by atoms with Crippen molar-refractivity contribution in [2.75, 3.05) is 6.61 Å². The molecule has 1 aromatic rings. The van der Waals surface area contributed by atoms with E-state index in [4.69, 9.17) is 10.8 Å². The molecule has 1 aromatic carbocycles. The monoisotopic (exact) mass is 233 g/mol. The fourth-order valence-electron chi connectivity index (χ4n) is 1.31. The number of rotatable bonds is 4. The van der Waals surface area contributed by atoms with E-state index in [1.807, 2.05) is 0 Å². The van der Waals surface area contributed by atoms with E-state index in [0.717, 1.165) is 0 Å². The second-order valence-corrected chi connectivity index (χ2v) is 3.22. The van der Waals surface area contributed by atoms with Crippen molar-refractivity contribution in [2.24, 2.45) is 5.73 Å². The van der Waals surface area contributed by atoms with E-state index in [2.05, 4.69) is 0 Å². The summed E-state index contributed by atoms with van der Waals surface area (Å²) in [6, 6.07) is 3.90. The smallest absolute Gasteiger partial charge is 0.120 e. The van der Waals surface area contributed by atoms with Gasteiger partial charge in [-0.25, -0.2) is 0 Å². The van der Waals surface area contributed by atoms with Gasteiger partial charge in [-0.2, -0.15) is 0 Å². The third kappa shape index (κ3) is 3.95. The molecule has 0 aliphatic heterocycles. The summed E-state index contributed by atoms with van der Waals surface area (Å²) >= 11 is 0. The number of benzene rings is 1. The lowest BCUT2D eigenvalue weighted by Crippen LogP contribution is -2.10. The lowest BCUT2D eigenvalue weighted by Gasteiger charge is -2.13. The first kappa shape index (κ1) is 14.0. The van der Waals surface area contributed by atoms with Gasteiger partial charge >= 0.3 is 0 Å². The van der Waals surface area contributed by atoms with Crippen LogP contribution in [0.1, 0.15) is 24.4 Å². The summed E-state index contributed by atoms with van der Waals surface area (Å²) in [6.07, 6.45) is 1.16. The highest BCUT2D eigenvalue weighted by molar-refractivity contribution is 5.85. The van der Waals surface area contributed by atoms with Crippen LogP contribution in [0.5, 0.6) is 11.5 Å². The molecule has 0 spiro atoms. The Labute approximate surface area is 94.8 Å². The van der Waals surface area contributed by atoms with Gasteiger partial charge in [-0.05, 0) is 31.0 Å². The highest BCUT2D eigenvalue weighted by Gasteiger charge is 2.10. The molecule has 0 saturated heterocycles. The van der Waals surface area contributed by atoms with Crippen LogP contribution in [0.2, 0.25) is 0 Å². The molecule has 4 nitrogen and oxygen atoms in total. The quantitative estimate of drug-likeness (QED) is 0.591. The molecule has 0 aliphatic rings. The Hall–Kier alpha value is -0.970. The van der Waals surface area contributed by atoms with Crippen molar-refractivity contribution in [1.29, 1.82) is 0 Å². The van der Waals surface area contributed by atoms with E-state index in [-0.39, 0.29) is 36.6 Å². The average Bonchev–Trinajstić information content (AvgIpc) is 2.18. The summed E-state index contributed by atoms with van der Waals surface area (Å²) in [4.78, 5) is 0. The molecular weight excluding hydrogens is 218 g/mol. The van der Waals surface area contributed by atoms with Crippen LogP contribution in [0.25, 0.3) is 0 Å². The fraction of sp³-hybridized carbons (Fsp3) is 0.400. The minimum Gasteiger partial charge on any atom is -0.508 e. The SMILES string of the molecule is Cl.N[C@@H](CCCO)c1cc(O)ccc1O. The van der Waals surface area contributed by atoms with Crippen LogP contribution >= 0.6 is 12.4 Å². The summed E-state index contributed by atoms with van der Waals surface area (Å²) in [7, 11) is 0. The van der Waals surface area contributed by atoms with Crippen LogP contribution < -0.4 is 5.73 Å². The number of aliphatic hydroxyl groups is 1. The molecule has 0 aromatic heterocycles. The van der Waals surface area contributed by atoms with Gasteiger partial charge in [0.1, 0.15) is 11.5 Å². The zero-order chi connectivity index (χ0) is 10.6. The number of aliphatic hydroxyl groups excluding tert-OH is 1. The number of nitrogens with two attached hydrogens (primary N) is 1. The first-order valence-corrected chi connectivity index (χ1v) is 4.53. The predicted molar refractivity (Wildman–Crippen MR) is 60.3 cm³/mol. The average molecular weight is 234 g/mol. The third-order valence-electron chi connectivity index (χ3n) is 2.08. The van der Waals surface area contributed by atoms with Gasteiger partial charge in [0.05, 0.1) is 0 Å². The minimum absolute atomic E-state index is 0. The molecule has 1 rings (SSSR count). The van der Waals surface area contributed by atoms with Gasteiger partial charge in [0.25, 0.3) is 0 Å². The topological polar surface area (TPSA) is 86.7 Å². The number of hydrogen-bond acceptors (Lipinski definition) is 4. The molecule has 15 heavy (non-hydrogen) atoms. The molecule has 0 amide bonds. The Morgan fingerprint density at radius 2 is 1.93 bits per heavy atom. The zero-order valence-corrected chi connectivity index (χ0v) is 9.07. The second kappa shape index (κ2) is 6.50. The molecule has 5 heteroatoms. The molecule has 5 N–H and O–H groups in total. The van der Waals surface area contributed by atoms with Crippen LogP contribution in [0.3, 0.4) is 0 Å². The maximum atomic E-state index is 9.45. The van der Waals surface area contributed by atoms with Gasteiger partial charge in [0, 0.05) is 18.2 Å². The third-order valence-corrected chi connectivity index (χ3v) is 2.08. The number of aromatic hydroxyl groups is 2. The summed E-state index contributed by atoms with van der Waals surface area (Å²) in [6.45, 7) is 0.0767. The lowest BCUT2D eigenvalue weighted by molar-refractivity contribution is 0.279. The molecule has 0 aliphatic carbocycles. The van der Waals surface area contributed by atoms with Crippen LogP contribution in [0.4, 0.5) is 0 Å². The molecular formula is C10H16ClNO3. The predicted octanol–water partition coefficient (Wildman–Crippen LogP) is 1.29. The van der Waals surface area contributed by atoms with E-state index >= 15 is 0 Å². The Morgan fingerprint density at radius 1 is 1.27 bits per heavy atom. The van der Waals surface area contributed by atoms with Crippen molar-refractivity contribution in [2.45, 2.75) is 18.9 Å². The second-order valence-electron chi connectivity index (χ2n) is 3.22. The molecule has 0 heterocycles. The molecule has 0 saturated carbocycles. The highest BCUT2D eigenvalue weighted by Crippen LogP contribution is 2.28. The van der Waals surface area contributed by atoms with E-state index in [0.29, 0.717) is 18.4 Å². The standard InChI is InChI=1S/C10H15NO3.ClH/c11-9(2-1-5-12)8-6-7(13)3-4-10(8)14;/h3-4,6,9,12-14H,1-2,5,11H2;1H/t9-;/m0./s1. The largest absolute Gasteiger partial charge is 0.508 e. The Balaban J connectivity index is 0.00000196. The first-order chi connectivity index (χ1) is 6.65. The van der Waals surface area contributed by atoms with Gasteiger partial charge in [0.15, 0.2) is 0 Å². The van der Waals surface area contributed by atoms with Crippen molar-refractivity contribution < 1.29 is 15.3 Å². The van der Waals surface area contributed by atoms with E-state index in [1.165, 1.54) is 18.2 Å². The van der Waals surface area contributed by atoms with Crippen molar-refractivity contribution in [3.05, 3.63) is 23.8 Å². The Morgan fingerprint density at radius 3 is 2.53 bits per heavy atom. The van der Waals surface area contributed by atoms with Gasteiger partial charge in [0.2, 0.25) is 0 Å². The van der Waals surface area contributed by atoms with Gasteiger partial charge in [-0.3, -0.25) is 0 Å². The first-order valence-electron chi connectivity index (χ1n) is 4.53. The van der Waals surface area contributed by atoms with E-state index in [1.54, 1.807) is 0 Å². The van der Waals surface area contributed by atoms with Crippen LogP contribution in [-0.4, -0.2) is 21.9 Å². The van der Waals surface area contributed by atoms with Crippen LogP contribution in [0.15, 0.2) is 18.2 Å². The Kier molecular flexibility index (Phi) is 6.08. The lowest BCUT2D eigenvalue weighted by atomic mass is 10.0. The zero-order valence-electron chi connectivity index (χ0n) is 8.26. The van der Waals surface area contributed by atoms with Crippen LogP contribution in [-0.2, 0) is 0 Å². The maximum Gasteiger partial charge on any atom is 0.120 e. The minimum atomic E-state index is -0.353. The van der Waals surface area contributed by atoms with Crippen molar-refractivity contribution >= 4 is 12.4 Å². The van der Waals surface area contributed by atoms with Gasteiger partial charge < -0.3 is 21.1 Å². The number of phenols is 2. The molecule has 1 atom stereocenters. The number of halogens is 1. The van der Waals surface area contributed by atoms with E-state index in [9.17, 15) is 10.2 Å². The normalized spacial score (nSPS) is 11.9. The Bertz CT molecular complexity index is 307. The van der Waals surface area contributed by atoms with E-state index < -0.39 is 0 Å². The summed E-state index contributed by atoms with van der Waals surface area (Å²) in [5, 5.41) is 27.3. The molecule has 0 fully saturated rings. The fourth-order valence-corrected chi connectivity index (χ4v) is 1.31. The van der Waals surface area contributed by atoms with Gasteiger partial charge in [-0.1, -0.05) is 0 Å². The van der Waals surface area contributed by atoms with Crippen molar-refractivity contribution in [3.63, 3.8) is 0 Å². The summed E-state index contributed by atoms with van der Waals surface area (Å²) < 4.78 is 0. The molecule has 0 radical (unpaired) electrons. The molecule has 0 unspecified atom stereocenters. The summed E-state index contributed by atoms with van der Waals surface area (Å²) in [5.74, 6) is 0.158. The van der Waals surface area contributed by atoms with Crippen molar-refractivity contribution in [3.8, 4) is 11.5 Å². The number of phenolic OH excluding ortho intramolecular Hbond substituents is 2. The number of hydrogen-bond donors (Lipinski definition) is 4. The maximum absolute atomic E-state index is 9.45. The van der Waals surface area contributed by atoms with Crippen LogP contribution in [0, 0.1) is 0 Å². The summed E-state index contributed by atoms with van der Waals surface area (Å²) in [5.41, 5.74) is 6.28. The molecule has 0 bridgehead atoms.